The minimum absolute atomic E-state index is 0.0590. The van der Waals surface area contributed by atoms with Crippen molar-refractivity contribution in [3.63, 3.8) is 0 Å². The zero-order valence-corrected chi connectivity index (χ0v) is 7.87. The summed E-state index contributed by atoms with van der Waals surface area (Å²) in [6.07, 6.45) is 0. The molecule has 1 amide bonds. The lowest BCUT2D eigenvalue weighted by atomic mass is 10.0. The zero-order chi connectivity index (χ0) is 9.72. The SMILES string of the molecule is CC(C)[C@@H](N)C(=O)N[C@@H](C)CO. The van der Waals surface area contributed by atoms with Crippen molar-refractivity contribution >= 4 is 5.91 Å². The standard InChI is InChI=1S/C8H18N2O2/c1-5(2)7(9)8(12)10-6(3)4-11/h5-7,11H,4,9H2,1-3H3,(H,10,12)/t6-,7+/m0/s1. The molecule has 0 saturated heterocycles. The fraction of sp³-hybridized carbons (Fsp3) is 0.875. The summed E-state index contributed by atoms with van der Waals surface area (Å²) in [7, 11) is 0. The summed E-state index contributed by atoms with van der Waals surface area (Å²) >= 11 is 0. The number of aliphatic hydroxyl groups is 1. The van der Waals surface area contributed by atoms with Crippen molar-refractivity contribution < 1.29 is 9.90 Å². The summed E-state index contributed by atoms with van der Waals surface area (Å²) in [5.74, 6) is -0.0811. The topological polar surface area (TPSA) is 75.4 Å². The summed E-state index contributed by atoms with van der Waals surface area (Å²) in [6, 6.07) is -0.707. The molecule has 0 unspecified atom stereocenters. The molecule has 0 aromatic heterocycles. The van der Waals surface area contributed by atoms with E-state index >= 15 is 0 Å². The Balaban J connectivity index is 3.87. The predicted molar refractivity (Wildman–Crippen MR) is 47.5 cm³/mol. The third kappa shape index (κ3) is 3.69. The molecule has 2 atom stereocenters. The van der Waals surface area contributed by atoms with Gasteiger partial charge in [0, 0.05) is 6.04 Å². The van der Waals surface area contributed by atoms with Crippen molar-refractivity contribution in [1.29, 1.82) is 0 Å². The van der Waals surface area contributed by atoms with Gasteiger partial charge in [0.05, 0.1) is 12.6 Å². The summed E-state index contributed by atoms with van der Waals surface area (Å²) in [5.41, 5.74) is 5.57. The van der Waals surface area contributed by atoms with E-state index in [9.17, 15) is 4.79 Å². The maximum atomic E-state index is 11.2. The van der Waals surface area contributed by atoms with Crippen molar-refractivity contribution in [2.75, 3.05) is 6.61 Å². The molecular formula is C8H18N2O2. The van der Waals surface area contributed by atoms with Gasteiger partial charge in [0.15, 0.2) is 0 Å². The van der Waals surface area contributed by atoms with Gasteiger partial charge in [-0.2, -0.15) is 0 Å². The van der Waals surface area contributed by atoms with Gasteiger partial charge in [-0.25, -0.2) is 0 Å². The lowest BCUT2D eigenvalue weighted by Gasteiger charge is -2.18. The van der Waals surface area contributed by atoms with Gasteiger partial charge in [-0.15, -0.1) is 0 Å². The van der Waals surface area contributed by atoms with Crippen LogP contribution in [0.5, 0.6) is 0 Å². The second-order valence-electron chi connectivity index (χ2n) is 3.36. The van der Waals surface area contributed by atoms with E-state index in [2.05, 4.69) is 5.32 Å². The fourth-order valence-electron chi connectivity index (χ4n) is 0.687. The molecule has 0 bridgehead atoms. The van der Waals surface area contributed by atoms with E-state index in [-0.39, 0.29) is 24.5 Å². The van der Waals surface area contributed by atoms with Crippen LogP contribution in [0, 0.1) is 5.92 Å². The van der Waals surface area contributed by atoms with Crippen LogP contribution in [0.25, 0.3) is 0 Å². The number of hydrogen-bond acceptors (Lipinski definition) is 3. The normalized spacial score (nSPS) is 15.8. The average Bonchev–Trinajstić information content (AvgIpc) is 2.02. The van der Waals surface area contributed by atoms with E-state index in [0.717, 1.165) is 0 Å². The molecule has 4 nitrogen and oxygen atoms in total. The maximum absolute atomic E-state index is 11.2. The van der Waals surface area contributed by atoms with Gasteiger partial charge in [-0.1, -0.05) is 13.8 Å². The van der Waals surface area contributed by atoms with Crippen molar-refractivity contribution in [2.24, 2.45) is 11.7 Å². The minimum Gasteiger partial charge on any atom is -0.394 e. The van der Waals surface area contributed by atoms with Gasteiger partial charge < -0.3 is 16.2 Å². The van der Waals surface area contributed by atoms with E-state index in [1.165, 1.54) is 0 Å². The van der Waals surface area contributed by atoms with Crippen LogP contribution in [-0.4, -0.2) is 29.7 Å². The van der Waals surface area contributed by atoms with Gasteiger partial charge in [-0.05, 0) is 12.8 Å². The summed E-state index contributed by atoms with van der Waals surface area (Å²) in [4.78, 5) is 11.2. The number of rotatable bonds is 4. The molecule has 0 spiro atoms. The van der Waals surface area contributed by atoms with Crippen molar-refractivity contribution in [1.82, 2.24) is 5.32 Å². The largest absolute Gasteiger partial charge is 0.394 e. The molecule has 0 aromatic carbocycles. The highest BCUT2D eigenvalue weighted by atomic mass is 16.3. The lowest BCUT2D eigenvalue weighted by Crippen LogP contribution is -2.47. The molecule has 0 rings (SSSR count). The first-order chi connectivity index (χ1) is 5.49. The minimum atomic E-state index is -0.487. The summed E-state index contributed by atoms with van der Waals surface area (Å²) in [5, 5.41) is 11.2. The zero-order valence-electron chi connectivity index (χ0n) is 7.87. The highest BCUT2D eigenvalue weighted by molar-refractivity contribution is 5.81. The lowest BCUT2D eigenvalue weighted by molar-refractivity contribution is -0.124. The van der Waals surface area contributed by atoms with Crippen LogP contribution in [0.4, 0.5) is 0 Å². The molecule has 72 valence electrons. The quantitative estimate of drug-likeness (QED) is 0.536. The molecule has 0 aliphatic rings. The molecule has 0 saturated carbocycles. The maximum Gasteiger partial charge on any atom is 0.237 e. The van der Waals surface area contributed by atoms with Crippen molar-refractivity contribution in [3.8, 4) is 0 Å². The second kappa shape index (κ2) is 5.11. The first-order valence-corrected chi connectivity index (χ1v) is 4.15. The number of carbonyl (C=O) groups excluding carboxylic acids is 1. The van der Waals surface area contributed by atoms with Crippen molar-refractivity contribution in [2.45, 2.75) is 32.9 Å². The molecular weight excluding hydrogens is 156 g/mol. The van der Waals surface area contributed by atoms with Crippen LogP contribution in [0.15, 0.2) is 0 Å². The predicted octanol–water partition coefficient (Wildman–Crippen LogP) is -0.533. The molecule has 0 aromatic rings. The monoisotopic (exact) mass is 174 g/mol. The smallest absolute Gasteiger partial charge is 0.237 e. The van der Waals surface area contributed by atoms with Crippen LogP contribution in [-0.2, 0) is 4.79 Å². The molecule has 12 heavy (non-hydrogen) atoms. The Morgan fingerprint density at radius 2 is 2.00 bits per heavy atom. The number of nitrogens with one attached hydrogen (secondary N) is 1. The molecule has 0 aliphatic carbocycles. The van der Waals surface area contributed by atoms with E-state index < -0.39 is 6.04 Å². The van der Waals surface area contributed by atoms with E-state index in [4.69, 9.17) is 10.8 Å². The molecule has 4 heteroatoms. The Hall–Kier alpha value is -0.610. The first kappa shape index (κ1) is 11.4. The third-order valence-electron chi connectivity index (χ3n) is 1.68. The molecule has 0 aliphatic heterocycles. The summed E-state index contributed by atoms with van der Waals surface area (Å²) in [6.45, 7) is 5.43. The van der Waals surface area contributed by atoms with Gasteiger partial charge in [0.2, 0.25) is 5.91 Å². The number of aliphatic hydroxyl groups excluding tert-OH is 1. The highest BCUT2D eigenvalue weighted by Crippen LogP contribution is 1.98. The third-order valence-corrected chi connectivity index (χ3v) is 1.68. The highest BCUT2D eigenvalue weighted by Gasteiger charge is 2.17. The van der Waals surface area contributed by atoms with Gasteiger partial charge in [-0.3, -0.25) is 4.79 Å². The van der Waals surface area contributed by atoms with Gasteiger partial charge in [0.1, 0.15) is 0 Å². The molecule has 0 heterocycles. The average molecular weight is 174 g/mol. The number of hydrogen-bond donors (Lipinski definition) is 3. The molecule has 0 fully saturated rings. The Morgan fingerprint density at radius 3 is 2.33 bits per heavy atom. The van der Waals surface area contributed by atoms with Gasteiger partial charge in [0.25, 0.3) is 0 Å². The first-order valence-electron chi connectivity index (χ1n) is 4.15. The van der Waals surface area contributed by atoms with Crippen LogP contribution in [0.3, 0.4) is 0 Å². The number of nitrogens with two attached hydrogens (primary N) is 1. The van der Waals surface area contributed by atoms with Crippen LogP contribution in [0.1, 0.15) is 20.8 Å². The van der Waals surface area contributed by atoms with E-state index in [0.29, 0.717) is 0 Å². The number of amides is 1. The Kier molecular flexibility index (Phi) is 4.85. The Bertz CT molecular complexity index is 148. The number of carbonyl (C=O) groups is 1. The summed E-state index contributed by atoms with van der Waals surface area (Å²) < 4.78 is 0. The molecule has 0 radical (unpaired) electrons. The fourth-order valence-corrected chi connectivity index (χ4v) is 0.687. The van der Waals surface area contributed by atoms with Gasteiger partial charge >= 0.3 is 0 Å². The van der Waals surface area contributed by atoms with Crippen molar-refractivity contribution in [3.05, 3.63) is 0 Å². The van der Waals surface area contributed by atoms with Crippen LogP contribution in [0.2, 0.25) is 0 Å². The van der Waals surface area contributed by atoms with E-state index in [1.807, 2.05) is 13.8 Å². The second-order valence-corrected chi connectivity index (χ2v) is 3.36. The Morgan fingerprint density at radius 1 is 1.50 bits per heavy atom. The van der Waals surface area contributed by atoms with Crippen LogP contribution >= 0.6 is 0 Å². The molecule has 4 N–H and O–H groups in total. The van der Waals surface area contributed by atoms with Crippen LogP contribution < -0.4 is 11.1 Å². The van der Waals surface area contributed by atoms with E-state index in [1.54, 1.807) is 6.92 Å². The Labute approximate surface area is 73.1 Å².